The SMILES string of the molecule is NS(=O)(=O)c1cccc(-c2ccc(CN3CC[C@H](CO)C3)cc2)c1-c1nnn[nH]1. The zero-order chi connectivity index (χ0) is 20.4. The Morgan fingerprint density at radius 3 is 2.62 bits per heavy atom. The Morgan fingerprint density at radius 2 is 2.00 bits per heavy atom. The first-order valence-electron chi connectivity index (χ1n) is 9.28. The highest BCUT2D eigenvalue weighted by atomic mass is 32.2. The minimum Gasteiger partial charge on any atom is -0.396 e. The second kappa shape index (κ2) is 7.99. The fourth-order valence-corrected chi connectivity index (χ4v) is 4.53. The molecule has 0 bridgehead atoms. The molecular weight excluding hydrogens is 392 g/mol. The molecule has 1 aliphatic heterocycles. The number of hydrogen-bond acceptors (Lipinski definition) is 7. The molecule has 3 aromatic rings. The van der Waals surface area contributed by atoms with Gasteiger partial charge in [-0.1, -0.05) is 36.4 Å². The van der Waals surface area contributed by atoms with Crippen molar-refractivity contribution in [1.82, 2.24) is 25.5 Å². The molecule has 0 saturated carbocycles. The summed E-state index contributed by atoms with van der Waals surface area (Å²) in [5.41, 5.74) is 3.00. The molecule has 1 atom stereocenters. The molecule has 1 aliphatic rings. The second-order valence-electron chi connectivity index (χ2n) is 7.24. The van der Waals surface area contributed by atoms with Crippen LogP contribution in [-0.2, 0) is 16.6 Å². The maximum atomic E-state index is 12.1. The smallest absolute Gasteiger partial charge is 0.238 e. The van der Waals surface area contributed by atoms with Crippen molar-refractivity contribution < 1.29 is 13.5 Å². The topological polar surface area (TPSA) is 138 Å². The molecule has 29 heavy (non-hydrogen) atoms. The van der Waals surface area contributed by atoms with Gasteiger partial charge in [-0.3, -0.25) is 4.90 Å². The first-order chi connectivity index (χ1) is 14.0. The van der Waals surface area contributed by atoms with Gasteiger partial charge in [-0.05, 0) is 52.1 Å². The van der Waals surface area contributed by atoms with Crippen LogP contribution in [0.4, 0.5) is 0 Å². The van der Waals surface area contributed by atoms with Crippen LogP contribution in [-0.4, -0.2) is 58.7 Å². The largest absolute Gasteiger partial charge is 0.396 e. The number of tetrazole rings is 1. The predicted octanol–water partition coefficient (Wildman–Crippen LogP) is 0.995. The van der Waals surface area contributed by atoms with Gasteiger partial charge < -0.3 is 5.11 Å². The summed E-state index contributed by atoms with van der Waals surface area (Å²) in [6.07, 6.45) is 1.02. The van der Waals surface area contributed by atoms with Gasteiger partial charge in [-0.2, -0.15) is 0 Å². The molecule has 4 rings (SSSR count). The quantitative estimate of drug-likeness (QED) is 0.547. The van der Waals surface area contributed by atoms with Crippen molar-refractivity contribution in [3.63, 3.8) is 0 Å². The molecular formula is C19H22N6O3S. The van der Waals surface area contributed by atoms with E-state index in [0.29, 0.717) is 17.0 Å². The van der Waals surface area contributed by atoms with Crippen LogP contribution in [0.2, 0.25) is 0 Å². The zero-order valence-electron chi connectivity index (χ0n) is 15.7. The summed E-state index contributed by atoms with van der Waals surface area (Å²) >= 11 is 0. The molecule has 0 spiro atoms. The maximum absolute atomic E-state index is 12.1. The van der Waals surface area contributed by atoms with Gasteiger partial charge in [0, 0.05) is 25.3 Å². The van der Waals surface area contributed by atoms with Gasteiger partial charge in [0.05, 0.1) is 4.90 Å². The number of aromatic nitrogens is 4. The zero-order valence-corrected chi connectivity index (χ0v) is 16.5. The van der Waals surface area contributed by atoms with E-state index in [1.165, 1.54) is 6.07 Å². The molecule has 2 aromatic carbocycles. The number of nitrogens with two attached hydrogens (primary N) is 1. The molecule has 0 amide bonds. The molecule has 0 aliphatic carbocycles. The van der Waals surface area contributed by atoms with Crippen LogP contribution < -0.4 is 5.14 Å². The minimum absolute atomic E-state index is 0.0373. The average Bonchev–Trinajstić information content (AvgIpc) is 3.39. The number of primary sulfonamides is 1. The minimum atomic E-state index is -3.96. The number of rotatable bonds is 6. The van der Waals surface area contributed by atoms with Crippen molar-refractivity contribution in [2.24, 2.45) is 11.1 Å². The van der Waals surface area contributed by atoms with Gasteiger partial charge in [0.1, 0.15) is 0 Å². The monoisotopic (exact) mass is 414 g/mol. The molecule has 1 saturated heterocycles. The Hall–Kier alpha value is -2.66. The van der Waals surface area contributed by atoms with Crippen LogP contribution in [0.1, 0.15) is 12.0 Å². The van der Waals surface area contributed by atoms with Crippen molar-refractivity contribution >= 4 is 10.0 Å². The van der Waals surface area contributed by atoms with Crippen LogP contribution in [0, 0.1) is 5.92 Å². The second-order valence-corrected chi connectivity index (χ2v) is 8.77. The predicted molar refractivity (Wildman–Crippen MR) is 107 cm³/mol. The number of benzene rings is 2. The summed E-state index contributed by atoms with van der Waals surface area (Å²) in [4.78, 5) is 2.29. The first-order valence-corrected chi connectivity index (χ1v) is 10.8. The summed E-state index contributed by atoms with van der Waals surface area (Å²) in [6, 6.07) is 12.8. The number of sulfonamides is 1. The lowest BCUT2D eigenvalue weighted by atomic mass is 9.98. The number of aliphatic hydroxyl groups is 1. The van der Waals surface area contributed by atoms with Crippen LogP contribution >= 0.6 is 0 Å². The van der Waals surface area contributed by atoms with E-state index in [4.69, 9.17) is 5.14 Å². The molecule has 152 valence electrons. The van der Waals surface area contributed by atoms with Gasteiger partial charge in [-0.25, -0.2) is 18.7 Å². The highest BCUT2D eigenvalue weighted by molar-refractivity contribution is 7.89. The van der Waals surface area contributed by atoms with E-state index in [1.54, 1.807) is 6.07 Å². The van der Waals surface area contributed by atoms with Crippen molar-refractivity contribution in [1.29, 1.82) is 0 Å². The lowest BCUT2D eigenvalue weighted by molar-refractivity contribution is 0.220. The van der Waals surface area contributed by atoms with Crippen LogP contribution in [0.15, 0.2) is 47.4 Å². The van der Waals surface area contributed by atoms with Gasteiger partial charge in [0.25, 0.3) is 0 Å². The molecule has 4 N–H and O–H groups in total. The standard InChI is InChI=1S/C19H22N6O3S/c20-29(27,28)17-3-1-2-16(18(17)19-21-23-24-22-19)15-6-4-13(5-7-15)10-25-9-8-14(11-25)12-26/h1-7,14,26H,8-12H2,(H2,20,27,28)(H,21,22,23,24)/t14-/m0/s1. The Balaban J connectivity index is 1.67. The van der Waals surface area contributed by atoms with Gasteiger partial charge in [-0.15, -0.1) is 5.10 Å². The number of H-pyrrole nitrogens is 1. The van der Waals surface area contributed by atoms with Gasteiger partial charge in [0.2, 0.25) is 10.0 Å². The Labute approximate surface area is 168 Å². The van der Waals surface area contributed by atoms with Crippen LogP contribution in [0.3, 0.4) is 0 Å². The Morgan fingerprint density at radius 1 is 1.21 bits per heavy atom. The lowest BCUT2D eigenvalue weighted by Crippen LogP contribution is -2.20. The van der Waals surface area contributed by atoms with E-state index in [1.807, 2.05) is 30.3 Å². The average molecular weight is 414 g/mol. The van der Waals surface area contributed by atoms with E-state index in [-0.39, 0.29) is 17.3 Å². The third kappa shape index (κ3) is 4.20. The van der Waals surface area contributed by atoms with Gasteiger partial charge >= 0.3 is 0 Å². The molecule has 0 radical (unpaired) electrons. The van der Waals surface area contributed by atoms with Crippen LogP contribution in [0.25, 0.3) is 22.5 Å². The summed E-state index contributed by atoms with van der Waals surface area (Å²) in [7, 11) is -3.96. The number of nitrogens with zero attached hydrogens (tertiary/aromatic N) is 4. The summed E-state index contributed by atoms with van der Waals surface area (Å²) in [6.45, 7) is 2.92. The molecule has 1 fully saturated rings. The first kappa shape index (κ1) is 19.6. The van der Waals surface area contributed by atoms with Gasteiger partial charge in [0.15, 0.2) is 5.82 Å². The van der Waals surface area contributed by atoms with E-state index in [9.17, 15) is 13.5 Å². The van der Waals surface area contributed by atoms with Crippen molar-refractivity contribution in [3.05, 3.63) is 48.0 Å². The van der Waals surface area contributed by atoms with E-state index in [0.717, 1.165) is 37.2 Å². The third-order valence-corrected chi connectivity index (χ3v) is 6.17. The third-order valence-electron chi connectivity index (χ3n) is 5.21. The highest BCUT2D eigenvalue weighted by Gasteiger charge is 2.23. The molecule has 0 unspecified atom stereocenters. The summed E-state index contributed by atoms with van der Waals surface area (Å²) < 4.78 is 24.2. The lowest BCUT2D eigenvalue weighted by Gasteiger charge is -2.16. The number of aromatic amines is 1. The summed E-state index contributed by atoms with van der Waals surface area (Å²) in [5, 5.41) is 28.3. The van der Waals surface area contributed by atoms with Crippen molar-refractivity contribution in [2.45, 2.75) is 17.9 Å². The Bertz CT molecular complexity index is 1080. The number of hydrogen-bond donors (Lipinski definition) is 3. The maximum Gasteiger partial charge on any atom is 0.238 e. The van der Waals surface area contributed by atoms with E-state index in [2.05, 4.69) is 25.5 Å². The molecule has 10 heteroatoms. The van der Waals surface area contributed by atoms with E-state index < -0.39 is 10.0 Å². The van der Waals surface area contributed by atoms with E-state index >= 15 is 0 Å². The van der Waals surface area contributed by atoms with Crippen molar-refractivity contribution in [2.75, 3.05) is 19.7 Å². The fourth-order valence-electron chi connectivity index (χ4n) is 3.77. The highest BCUT2D eigenvalue weighted by Crippen LogP contribution is 2.35. The number of likely N-dealkylation sites (tertiary alicyclic amines) is 1. The Kier molecular flexibility index (Phi) is 5.41. The summed E-state index contributed by atoms with van der Waals surface area (Å²) in [5.74, 6) is 0.592. The molecule has 2 heterocycles. The fraction of sp³-hybridized carbons (Fsp3) is 0.316. The molecule has 9 nitrogen and oxygen atoms in total. The normalized spacial score (nSPS) is 17.7. The van der Waals surface area contributed by atoms with Crippen LogP contribution in [0.5, 0.6) is 0 Å². The van der Waals surface area contributed by atoms with Crippen molar-refractivity contribution in [3.8, 4) is 22.5 Å². The number of aliphatic hydroxyl groups excluding tert-OH is 1. The molecule has 1 aromatic heterocycles. The number of nitrogens with one attached hydrogen (secondary N) is 1.